The van der Waals surface area contributed by atoms with Gasteiger partial charge in [0.2, 0.25) is 0 Å². The van der Waals surface area contributed by atoms with E-state index in [2.05, 4.69) is 0 Å². The molecule has 1 rings (SSSR count). The van der Waals surface area contributed by atoms with Gasteiger partial charge in [-0.1, -0.05) is 12.1 Å². The fraction of sp³-hybridized carbons (Fsp3) is 0.538. The van der Waals surface area contributed by atoms with Gasteiger partial charge >= 0.3 is 0 Å². The summed E-state index contributed by atoms with van der Waals surface area (Å²) in [5.74, 6) is -0.405. The Morgan fingerprint density at radius 3 is 2.67 bits per heavy atom. The van der Waals surface area contributed by atoms with Gasteiger partial charge in [0.1, 0.15) is 5.82 Å². The molecule has 0 saturated carbocycles. The Morgan fingerprint density at radius 2 is 2.11 bits per heavy atom. The molecule has 0 spiro atoms. The molecule has 1 aromatic carbocycles. The lowest BCUT2D eigenvalue weighted by Crippen LogP contribution is -2.32. The van der Waals surface area contributed by atoms with E-state index in [1.165, 1.54) is 6.07 Å². The van der Waals surface area contributed by atoms with Gasteiger partial charge in [-0.2, -0.15) is 0 Å². The summed E-state index contributed by atoms with van der Waals surface area (Å²) in [5, 5.41) is 18.7. The van der Waals surface area contributed by atoms with Crippen molar-refractivity contribution in [3.05, 3.63) is 29.6 Å². The van der Waals surface area contributed by atoms with Gasteiger partial charge in [0.15, 0.2) is 0 Å². The van der Waals surface area contributed by atoms with Crippen molar-refractivity contribution < 1.29 is 19.3 Å². The predicted molar refractivity (Wildman–Crippen MR) is 68.2 cm³/mol. The van der Waals surface area contributed by atoms with E-state index in [1.807, 2.05) is 0 Å². The van der Waals surface area contributed by atoms with Crippen LogP contribution in [0, 0.1) is 5.82 Å². The third-order valence-electron chi connectivity index (χ3n) is 2.72. The van der Waals surface area contributed by atoms with Gasteiger partial charge in [0.25, 0.3) is 0 Å². The first-order valence-electron chi connectivity index (χ1n) is 5.93. The van der Waals surface area contributed by atoms with Crippen LogP contribution in [0.2, 0.25) is 0 Å². The van der Waals surface area contributed by atoms with Gasteiger partial charge in [0, 0.05) is 25.8 Å². The number of aliphatic hydroxyl groups is 2. The van der Waals surface area contributed by atoms with Crippen LogP contribution in [0.3, 0.4) is 0 Å². The number of hydrogen-bond donors (Lipinski definition) is 2. The first-order valence-corrected chi connectivity index (χ1v) is 5.93. The zero-order valence-electron chi connectivity index (χ0n) is 10.8. The third-order valence-corrected chi connectivity index (χ3v) is 2.72. The minimum atomic E-state index is -0.764. The second-order valence-electron chi connectivity index (χ2n) is 4.06. The Morgan fingerprint density at radius 1 is 1.39 bits per heavy atom. The molecule has 1 aromatic rings. The van der Waals surface area contributed by atoms with Crippen molar-refractivity contribution in [2.75, 3.05) is 38.3 Å². The first-order chi connectivity index (χ1) is 8.61. The van der Waals surface area contributed by atoms with Crippen LogP contribution in [0.4, 0.5) is 10.1 Å². The van der Waals surface area contributed by atoms with Crippen molar-refractivity contribution in [2.45, 2.75) is 13.0 Å². The number of hydrogen-bond acceptors (Lipinski definition) is 4. The van der Waals surface area contributed by atoms with Crippen LogP contribution in [0.25, 0.3) is 0 Å². The first kappa shape index (κ1) is 14.9. The molecule has 0 aliphatic carbocycles. The lowest BCUT2D eigenvalue weighted by molar-refractivity contribution is 0.195. The lowest BCUT2D eigenvalue weighted by atomic mass is 10.1. The number of aliphatic hydroxyl groups excluding tert-OH is 2. The molecule has 0 fully saturated rings. The number of nitrogens with zero attached hydrogens (tertiary/aromatic N) is 1. The minimum Gasteiger partial charge on any atom is -0.395 e. The van der Waals surface area contributed by atoms with E-state index in [4.69, 9.17) is 9.84 Å². The number of methoxy groups -OCH3 is 1. The minimum absolute atomic E-state index is 0.0860. The van der Waals surface area contributed by atoms with Gasteiger partial charge in [-0.3, -0.25) is 0 Å². The van der Waals surface area contributed by atoms with Crippen molar-refractivity contribution in [1.29, 1.82) is 0 Å². The summed E-state index contributed by atoms with van der Waals surface area (Å²) in [6.45, 7) is 2.68. The third kappa shape index (κ3) is 3.66. The van der Waals surface area contributed by atoms with E-state index >= 15 is 0 Å². The van der Waals surface area contributed by atoms with E-state index < -0.39 is 11.9 Å². The molecule has 0 bridgehead atoms. The zero-order chi connectivity index (χ0) is 13.5. The molecule has 4 nitrogen and oxygen atoms in total. The smallest absolute Gasteiger partial charge is 0.146 e. The number of ether oxygens (including phenoxy) is 1. The Bertz CT molecular complexity index is 371. The molecule has 0 amide bonds. The maximum atomic E-state index is 13.9. The SMILES string of the molecule is COCCN(CCO)c1c(F)cccc1[C@@H](C)O. The van der Waals surface area contributed by atoms with Crippen LogP contribution in [-0.2, 0) is 4.74 Å². The average Bonchev–Trinajstić information content (AvgIpc) is 2.34. The quantitative estimate of drug-likeness (QED) is 0.773. The normalized spacial score (nSPS) is 12.5. The summed E-state index contributed by atoms with van der Waals surface area (Å²) in [7, 11) is 1.56. The lowest BCUT2D eigenvalue weighted by Gasteiger charge is -2.27. The van der Waals surface area contributed by atoms with E-state index in [0.29, 0.717) is 30.9 Å². The summed E-state index contributed by atoms with van der Waals surface area (Å²) >= 11 is 0. The fourth-order valence-corrected chi connectivity index (χ4v) is 1.86. The Hall–Kier alpha value is -1.17. The van der Waals surface area contributed by atoms with Gasteiger partial charge in [0.05, 0.1) is 25.0 Å². The average molecular weight is 257 g/mol. The number of para-hydroxylation sites is 1. The Kier molecular flexibility index (Phi) is 6.04. The van der Waals surface area contributed by atoms with Crippen LogP contribution < -0.4 is 4.90 Å². The molecule has 2 N–H and O–H groups in total. The summed E-state index contributed by atoms with van der Waals surface area (Å²) in [6.07, 6.45) is -0.764. The van der Waals surface area contributed by atoms with Crippen molar-refractivity contribution >= 4 is 5.69 Å². The highest BCUT2D eigenvalue weighted by atomic mass is 19.1. The summed E-state index contributed by atoms with van der Waals surface area (Å²) < 4.78 is 18.9. The zero-order valence-corrected chi connectivity index (χ0v) is 10.8. The van der Waals surface area contributed by atoms with Crippen LogP contribution in [0.5, 0.6) is 0 Å². The second kappa shape index (κ2) is 7.31. The van der Waals surface area contributed by atoms with Crippen LogP contribution >= 0.6 is 0 Å². The molecule has 0 aliphatic rings. The standard InChI is InChI=1S/C13H20FNO3/c1-10(17)11-4-3-5-12(14)13(11)15(6-8-16)7-9-18-2/h3-5,10,16-17H,6-9H2,1-2H3/t10-/m1/s1. The molecule has 0 heterocycles. The van der Waals surface area contributed by atoms with E-state index in [1.54, 1.807) is 31.1 Å². The number of rotatable bonds is 7. The van der Waals surface area contributed by atoms with Gasteiger partial charge in [-0.05, 0) is 13.0 Å². The molecule has 102 valence electrons. The maximum absolute atomic E-state index is 13.9. The Labute approximate surface area is 107 Å². The van der Waals surface area contributed by atoms with Crippen LogP contribution in [0.1, 0.15) is 18.6 Å². The van der Waals surface area contributed by atoms with Crippen molar-refractivity contribution in [3.63, 3.8) is 0 Å². The summed E-state index contributed by atoms with van der Waals surface area (Å²) in [4.78, 5) is 1.68. The molecule has 18 heavy (non-hydrogen) atoms. The second-order valence-corrected chi connectivity index (χ2v) is 4.06. The van der Waals surface area contributed by atoms with E-state index in [0.717, 1.165) is 0 Å². The topological polar surface area (TPSA) is 52.9 Å². The number of benzene rings is 1. The Balaban J connectivity index is 3.08. The summed E-state index contributed by atoms with van der Waals surface area (Å²) in [6, 6.07) is 4.59. The molecule has 0 saturated heterocycles. The monoisotopic (exact) mass is 257 g/mol. The highest BCUT2D eigenvalue weighted by Crippen LogP contribution is 2.29. The van der Waals surface area contributed by atoms with E-state index in [-0.39, 0.29) is 6.61 Å². The van der Waals surface area contributed by atoms with Crippen molar-refractivity contribution in [3.8, 4) is 0 Å². The van der Waals surface area contributed by atoms with Crippen molar-refractivity contribution in [1.82, 2.24) is 0 Å². The molecular formula is C13H20FNO3. The fourth-order valence-electron chi connectivity index (χ4n) is 1.86. The van der Waals surface area contributed by atoms with Gasteiger partial charge < -0.3 is 19.8 Å². The molecular weight excluding hydrogens is 237 g/mol. The molecule has 0 aromatic heterocycles. The van der Waals surface area contributed by atoms with E-state index in [9.17, 15) is 9.50 Å². The predicted octanol–water partition coefficient (Wildman–Crippen LogP) is 1.32. The summed E-state index contributed by atoms with van der Waals surface area (Å²) in [5.41, 5.74) is 0.846. The highest BCUT2D eigenvalue weighted by Gasteiger charge is 2.18. The van der Waals surface area contributed by atoms with Crippen molar-refractivity contribution in [2.24, 2.45) is 0 Å². The molecule has 0 radical (unpaired) electrons. The van der Waals surface area contributed by atoms with Crippen LogP contribution in [0.15, 0.2) is 18.2 Å². The van der Waals surface area contributed by atoms with Gasteiger partial charge in [-0.25, -0.2) is 4.39 Å². The molecule has 0 unspecified atom stereocenters. The van der Waals surface area contributed by atoms with Crippen LogP contribution in [-0.4, -0.2) is 43.6 Å². The number of anilines is 1. The molecule has 1 atom stereocenters. The largest absolute Gasteiger partial charge is 0.395 e. The number of halogens is 1. The maximum Gasteiger partial charge on any atom is 0.146 e. The highest BCUT2D eigenvalue weighted by molar-refractivity contribution is 5.55. The molecule has 5 heteroatoms. The molecule has 0 aliphatic heterocycles. The van der Waals surface area contributed by atoms with Gasteiger partial charge in [-0.15, -0.1) is 0 Å².